The number of benzene rings is 1. The Hall–Kier alpha value is -2.03. The molecule has 0 N–H and O–H groups in total. The lowest BCUT2D eigenvalue weighted by molar-refractivity contribution is -0.671. The number of aryl methyl sites for hydroxylation is 1. The normalized spacial score (nSPS) is 12.5. The van der Waals surface area contributed by atoms with Crippen LogP contribution in [-0.4, -0.2) is 4.57 Å². The van der Waals surface area contributed by atoms with Gasteiger partial charge in [-0.1, -0.05) is 58.0 Å². The van der Waals surface area contributed by atoms with E-state index in [0.29, 0.717) is 11.8 Å². The van der Waals surface area contributed by atoms with Gasteiger partial charge in [-0.25, -0.2) is 9.13 Å². The van der Waals surface area contributed by atoms with E-state index in [1.54, 1.807) is 0 Å². The molecule has 1 aromatic heterocycles. The van der Waals surface area contributed by atoms with Crippen LogP contribution in [0.4, 0.5) is 0 Å². The Morgan fingerprint density at radius 2 is 1.71 bits per heavy atom. The van der Waals surface area contributed by atoms with Crippen molar-refractivity contribution in [2.75, 3.05) is 0 Å². The number of rotatable bonds is 7. The van der Waals surface area contributed by atoms with E-state index >= 15 is 0 Å². The van der Waals surface area contributed by atoms with Gasteiger partial charge in [0.25, 0.3) is 0 Å². The maximum absolute atomic E-state index is 6.48. The van der Waals surface area contributed by atoms with Gasteiger partial charge in [0, 0.05) is 0 Å². The number of imidazole rings is 1. The number of hydrogen-bond donors (Lipinski definition) is 0. The SMILES string of the molecule is CC(OC(Cn1cc[n+](C)c1)c1ccccc1)=C(C(C)C)C(C)C. The second kappa shape index (κ2) is 8.18. The Balaban J connectivity index is 2.30. The van der Waals surface area contributed by atoms with Crippen molar-refractivity contribution in [1.29, 1.82) is 0 Å². The van der Waals surface area contributed by atoms with Crippen LogP contribution in [0.3, 0.4) is 0 Å². The average molecular weight is 327 g/mol. The molecule has 0 aliphatic heterocycles. The van der Waals surface area contributed by atoms with Crippen LogP contribution in [0.25, 0.3) is 0 Å². The van der Waals surface area contributed by atoms with Gasteiger partial charge < -0.3 is 4.74 Å². The van der Waals surface area contributed by atoms with Crippen LogP contribution >= 0.6 is 0 Å². The van der Waals surface area contributed by atoms with Crippen molar-refractivity contribution in [2.24, 2.45) is 18.9 Å². The van der Waals surface area contributed by atoms with E-state index in [0.717, 1.165) is 12.3 Å². The van der Waals surface area contributed by atoms with E-state index < -0.39 is 0 Å². The van der Waals surface area contributed by atoms with E-state index in [4.69, 9.17) is 4.74 Å². The smallest absolute Gasteiger partial charge is 0.243 e. The van der Waals surface area contributed by atoms with Gasteiger partial charge in [-0.05, 0) is 29.9 Å². The molecule has 130 valence electrons. The van der Waals surface area contributed by atoms with Gasteiger partial charge in [0.15, 0.2) is 6.10 Å². The number of nitrogens with zero attached hydrogens (tertiary/aromatic N) is 2. The third kappa shape index (κ3) is 4.73. The molecule has 0 spiro atoms. The predicted molar refractivity (Wildman–Crippen MR) is 98.3 cm³/mol. The number of allylic oxidation sites excluding steroid dienone is 2. The maximum Gasteiger partial charge on any atom is 0.243 e. The Bertz CT molecular complexity index is 658. The molecule has 0 saturated carbocycles. The van der Waals surface area contributed by atoms with Crippen LogP contribution in [0.15, 0.2) is 60.4 Å². The van der Waals surface area contributed by atoms with Gasteiger partial charge in [0.1, 0.15) is 18.9 Å². The topological polar surface area (TPSA) is 18.0 Å². The van der Waals surface area contributed by atoms with Gasteiger partial charge in [-0.15, -0.1) is 0 Å². The summed E-state index contributed by atoms with van der Waals surface area (Å²) in [5.74, 6) is 2.04. The molecule has 24 heavy (non-hydrogen) atoms. The van der Waals surface area contributed by atoms with Crippen molar-refractivity contribution in [1.82, 2.24) is 4.57 Å². The first-order valence-electron chi connectivity index (χ1n) is 8.81. The predicted octanol–water partition coefficient (Wildman–Crippen LogP) is 4.66. The number of aromatic nitrogens is 2. The van der Waals surface area contributed by atoms with E-state index in [2.05, 4.69) is 86.7 Å². The number of hydrogen-bond acceptors (Lipinski definition) is 1. The Morgan fingerprint density at radius 3 is 2.21 bits per heavy atom. The molecular weight excluding hydrogens is 296 g/mol. The molecule has 0 bridgehead atoms. The zero-order valence-corrected chi connectivity index (χ0v) is 15.9. The molecule has 2 rings (SSSR count). The molecule has 1 heterocycles. The molecule has 0 radical (unpaired) electrons. The standard InChI is InChI=1S/C21H31N2O/c1-16(2)21(17(3)4)18(5)24-20(19-10-8-7-9-11-19)14-23-13-12-22(6)15-23/h7-13,15-17,20H,14H2,1-6H3/q+1. The first kappa shape index (κ1) is 18.3. The highest BCUT2D eigenvalue weighted by Crippen LogP contribution is 2.29. The minimum absolute atomic E-state index is 0.00565. The second-order valence-electron chi connectivity index (χ2n) is 7.11. The van der Waals surface area contributed by atoms with Gasteiger partial charge >= 0.3 is 0 Å². The van der Waals surface area contributed by atoms with E-state index in [9.17, 15) is 0 Å². The summed E-state index contributed by atoms with van der Waals surface area (Å²) in [4.78, 5) is 0. The van der Waals surface area contributed by atoms with Crippen molar-refractivity contribution >= 4 is 0 Å². The van der Waals surface area contributed by atoms with Gasteiger partial charge in [-0.3, -0.25) is 0 Å². The summed E-state index contributed by atoms with van der Waals surface area (Å²) in [7, 11) is 2.04. The largest absolute Gasteiger partial charge is 0.486 e. The van der Waals surface area contributed by atoms with E-state index in [1.165, 1.54) is 11.1 Å². The highest BCUT2D eigenvalue weighted by molar-refractivity contribution is 5.19. The summed E-state index contributed by atoms with van der Waals surface area (Å²) >= 11 is 0. The molecule has 3 heteroatoms. The first-order chi connectivity index (χ1) is 11.4. The van der Waals surface area contributed by atoms with E-state index in [1.807, 2.05) is 13.1 Å². The van der Waals surface area contributed by atoms with Crippen LogP contribution in [0.5, 0.6) is 0 Å². The van der Waals surface area contributed by atoms with Crippen LogP contribution in [0.1, 0.15) is 46.3 Å². The zero-order chi connectivity index (χ0) is 17.7. The lowest BCUT2D eigenvalue weighted by Gasteiger charge is -2.24. The minimum atomic E-state index is 0.00565. The first-order valence-corrected chi connectivity index (χ1v) is 8.81. The summed E-state index contributed by atoms with van der Waals surface area (Å²) in [5, 5.41) is 0. The van der Waals surface area contributed by atoms with Crippen molar-refractivity contribution in [3.63, 3.8) is 0 Å². The summed E-state index contributed by atoms with van der Waals surface area (Å²) < 4.78 is 10.7. The van der Waals surface area contributed by atoms with Crippen molar-refractivity contribution in [3.8, 4) is 0 Å². The Kier molecular flexibility index (Phi) is 6.24. The molecule has 0 saturated heterocycles. The van der Waals surface area contributed by atoms with Crippen molar-refractivity contribution in [2.45, 2.75) is 47.3 Å². The van der Waals surface area contributed by atoms with Gasteiger partial charge in [0.05, 0.1) is 12.8 Å². The molecule has 0 amide bonds. The molecule has 3 nitrogen and oxygen atoms in total. The third-order valence-electron chi connectivity index (χ3n) is 4.34. The lowest BCUT2D eigenvalue weighted by atomic mass is 9.91. The summed E-state index contributed by atoms with van der Waals surface area (Å²) in [6.07, 6.45) is 6.23. The second-order valence-corrected chi connectivity index (χ2v) is 7.11. The van der Waals surface area contributed by atoms with Crippen LogP contribution in [-0.2, 0) is 18.3 Å². The van der Waals surface area contributed by atoms with Crippen molar-refractivity contribution in [3.05, 3.63) is 65.9 Å². The highest BCUT2D eigenvalue weighted by Gasteiger charge is 2.20. The maximum atomic E-state index is 6.48. The van der Waals surface area contributed by atoms with Crippen LogP contribution in [0, 0.1) is 11.8 Å². The van der Waals surface area contributed by atoms with Crippen LogP contribution in [0.2, 0.25) is 0 Å². The Morgan fingerprint density at radius 1 is 1.08 bits per heavy atom. The molecule has 1 aromatic carbocycles. The monoisotopic (exact) mass is 327 g/mol. The quantitative estimate of drug-likeness (QED) is 0.534. The fraction of sp³-hybridized carbons (Fsp3) is 0.476. The summed E-state index contributed by atoms with van der Waals surface area (Å²) in [5.41, 5.74) is 2.61. The van der Waals surface area contributed by atoms with E-state index in [-0.39, 0.29) is 6.10 Å². The van der Waals surface area contributed by atoms with Crippen LogP contribution < -0.4 is 4.57 Å². The average Bonchev–Trinajstić information content (AvgIpc) is 2.92. The highest BCUT2D eigenvalue weighted by atomic mass is 16.5. The zero-order valence-electron chi connectivity index (χ0n) is 15.9. The molecule has 0 aliphatic carbocycles. The molecule has 2 aromatic rings. The fourth-order valence-corrected chi connectivity index (χ4v) is 3.44. The van der Waals surface area contributed by atoms with Gasteiger partial charge in [0.2, 0.25) is 6.33 Å². The lowest BCUT2D eigenvalue weighted by Crippen LogP contribution is -2.24. The molecule has 1 atom stereocenters. The molecule has 1 unspecified atom stereocenters. The third-order valence-corrected chi connectivity index (χ3v) is 4.34. The van der Waals surface area contributed by atoms with Gasteiger partial charge in [-0.2, -0.15) is 0 Å². The molecular formula is C21H31N2O+. The molecule has 0 aliphatic rings. The van der Waals surface area contributed by atoms with Crippen molar-refractivity contribution < 1.29 is 9.30 Å². The Labute approximate surface area is 146 Å². The molecule has 0 fully saturated rings. The minimum Gasteiger partial charge on any atom is -0.486 e. The number of ether oxygens (including phenoxy) is 1. The summed E-state index contributed by atoms with van der Waals surface area (Å²) in [6.45, 7) is 11.9. The fourth-order valence-electron chi connectivity index (χ4n) is 3.44. The summed E-state index contributed by atoms with van der Waals surface area (Å²) in [6, 6.07) is 10.5.